The highest BCUT2D eigenvalue weighted by Crippen LogP contribution is 2.18. The maximum absolute atomic E-state index is 12.0. The van der Waals surface area contributed by atoms with E-state index in [0.29, 0.717) is 0 Å². The maximum Gasteiger partial charge on any atom is 0.407 e. The van der Waals surface area contributed by atoms with E-state index < -0.39 is 6.09 Å². The number of carbonyl (C=O) groups is 1. The SMILES string of the molecule is C=CCC[C@@H](NC(=O)OCc1ccccc1)c1ccccc1. The third kappa shape index (κ3) is 5.09. The molecule has 114 valence electrons. The van der Waals surface area contributed by atoms with Crippen molar-refractivity contribution in [1.82, 2.24) is 5.32 Å². The van der Waals surface area contributed by atoms with E-state index in [0.717, 1.165) is 24.0 Å². The first-order chi connectivity index (χ1) is 10.8. The average molecular weight is 295 g/mol. The number of benzene rings is 2. The van der Waals surface area contributed by atoms with E-state index in [1.54, 1.807) is 0 Å². The van der Waals surface area contributed by atoms with Gasteiger partial charge in [-0.05, 0) is 24.0 Å². The molecule has 3 heteroatoms. The van der Waals surface area contributed by atoms with Crippen LogP contribution in [0.4, 0.5) is 4.79 Å². The van der Waals surface area contributed by atoms with Crippen molar-refractivity contribution in [3.05, 3.63) is 84.4 Å². The minimum absolute atomic E-state index is 0.0672. The number of rotatable bonds is 7. The van der Waals surface area contributed by atoms with E-state index in [4.69, 9.17) is 4.74 Å². The molecule has 1 amide bonds. The highest BCUT2D eigenvalue weighted by atomic mass is 16.5. The fourth-order valence-electron chi connectivity index (χ4n) is 2.20. The van der Waals surface area contributed by atoms with Crippen molar-refractivity contribution >= 4 is 6.09 Å². The molecule has 0 unspecified atom stereocenters. The zero-order valence-corrected chi connectivity index (χ0v) is 12.6. The molecular weight excluding hydrogens is 274 g/mol. The molecule has 2 rings (SSSR count). The monoisotopic (exact) mass is 295 g/mol. The van der Waals surface area contributed by atoms with Gasteiger partial charge in [0, 0.05) is 0 Å². The minimum atomic E-state index is -0.401. The van der Waals surface area contributed by atoms with Crippen molar-refractivity contribution in [3.8, 4) is 0 Å². The molecule has 0 heterocycles. The number of ether oxygens (including phenoxy) is 1. The molecule has 1 atom stereocenters. The van der Waals surface area contributed by atoms with Gasteiger partial charge in [0.25, 0.3) is 0 Å². The molecular formula is C19H21NO2. The topological polar surface area (TPSA) is 38.3 Å². The van der Waals surface area contributed by atoms with Crippen LogP contribution in [-0.4, -0.2) is 6.09 Å². The number of amides is 1. The van der Waals surface area contributed by atoms with E-state index in [1.807, 2.05) is 66.7 Å². The average Bonchev–Trinajstić information content (AvgIpc) is 2.58. The second kappa shape index (κ2) is 8.67. The van der Waals surface area contributed by atoms with Crippen LogP contribution in [0.2, 0.25) is 0 Å². The number of nitrogens with one attached hydrogen (secondary N) is 1. The number of allylic oxidation sites excluding steroid dienone is 1. The lowest BCUT2D eigenvalue weighted by Gasteiger charge is -2.18. The van der Waals surface area contributed by atoms with Crippen molar-refractivity contribution in [2.24, 2.45) is 0 Å². The van der Waals surface area contributed by atoms with Gasteiger partial charge in [0.15, 0.2) is 0 Å². The highest BCUT2D eigenvalue weighted by Gasteiger charge is 2.14. The van der Waals surface area contributed by atoms with Gasteiger partial charge in [0.05, 0.1) is 6.04 Å². The predicted molar refractivity (Wildman–Crippen MR) is 88.4 cm³/mol. The molecule has 3 nitrogen and oxygen atoms in total. The fraction of sp³-hybridized carbons (Fsp3) is 0.211. The van der Waals surface area contributed by atoms with Crippen LogP contribution in [-0.2, 0) is 11.3 Å². The Balaban J connectivity index is 1.91. The largest absolute Gasteiger partial charge is 0.445 e. The van der Waals surface area contributed by atoms with Gasteiger partial charge in [0.1, 0.15) is 6.61 Å². The first kappa shape index (κ1) is 15.8. The minimum Gasteiger partial charge on any atom is -0.445 e. The third-order valence-electron chi connectivity index (χ3n) is 3.37. The molecule has 2 aromatic carbocycles. The Kier molecular flexibility index (Phi) is 6.24. The fourth-order valence-corrected chi connectivity index (χ4v) is 2.20. The first-order valence-corrected chi connectivity index (χ1v) is 7.42. The quantitative estimate of drug-likeness (QED) is 0.757. The van der Waals surface area contributed by atoms with Crippen molar-refractivity contribution in [2.45, 2.75) is 25.5 Å². The van der Waals surface area contributed by atoms with Crippen molar-refractivity contribution in [1.29, 1.82) is 0 Å². The van der Waals surface area contributed by atoms with Gasteiger partial charge in [-0.3, -0.25) is 0 Å². The van der Waals surface area contributed by atoms with Crippen LogP contribution >= 0.6 is 0 Å². The van der Waals surface area contributed by atoms with E-state index >= 15 is 0 Å². The molecule has 1 N–H and O–H groups in total. The lowest BCUT2D eigenvalue weighted by Crippen LogP contribution is -2.29. The molecule has 0 fully saturated rings. The lowest BCUT2D eigenvalue weighted by atomic mass is 10.0. The molecule has 0 bridgehead atoms. The summed E-state index contributed by atoms with van der Waals surface area (Å²) >= 11 is 0. The smallest absolute Gasteiger partial charge is 0.407 e. The molecule has 0 saturated carbocycles. The molecule has 2 aromatic rings. The normalized spacial score (nSPS) is 11.5. The zero-order valence-electron chi connectivity index (χ0n) is 12.6. The summed E-state index contributed by atoms with van der Waals surface area (Å²) in [4.78, 5) is 12.0. The van der Waals surface area contributed by atoms with Crippen LogP contribution < -0.4 is 5.32 Å². The second-order valence-corrected chi connectivity index (χ2v) is 5.04. The molecule has 22 heavy (non-hydrogen) atoms. The molecule has 0 aliphatic heterocycles. The Morgan fingerprint density at radius 2 is 1.73 bits per heavy atom. The number of hydrogen-bond donors (Lipinski definition) is 1. The maximum atomic E-state index is 12.0. The summed E-state index contributed by atoms with van der Waals surface area (Å²) in [6.45, 7) is 4.01. The van der Waals surface area contributed by atoms with E-state index in [2.05, 4.69) is 11.9 Å². The van der Waals surface area contributed by atoms with Gasteiger partial charge in [-0.25, -0.2) is 4.79 Å². The van der Waals surface area contributed by atoms with Gasteiger partial charge in [-0.1, -0.05) is 66.7 Å². The predicted octanol–water partition coefficient (Wildman–Crippen LogP) is 4.62. The summed E-state index contributed by atoms with van der Waals surface area (Å²) in [6, 6.07) is 19.5. The molecule has 0 aliphatic carbocycles. The molecule has 0 aliphatic rings. The Morgan fingerprint density at radius 3 is 2.36 bits per heavy atom. The summed E-state index contributed by atoms with van der Waals surface area (Å²) in [5.74, 6) is 0. The van der Waals surface area contributed by atoms with Crippen LogP contribution in [0.3, 0.4) is 0 Å². The molecule has 0 radical (unpaired) electrons. The molecule has 0 aromatic heterocycles. The van der Waals surface area contributed by atoms with E-state index in [9.17, 15) is 4.79 Å². The van der Waals surface area contributed by atoms with Gasteiger partial charge in [-0.2, -0.15) is 0 Å². The Bertz CT molecular complexity index is 581. The Hall–Kier alpha value is -2.55. The summed E-state index contributed by atoms with van der Waals surface area (Å²) in [5, 5.41) is 2.93. The summed E-state index contributed by atoms with van der Waals surface area (Å²) in [7, 11) is 0. The van der Waals surface area contributed by atoms with Crippen LogP contribution in [0.5, 0.6) is 0 Å². The number of alkyl carbamates (subject to hydrolysis) is 1. The zero-order chi connectivity index (χ0) is 15.6. The van der Waals surface area contributed by atoms with Gasteiger partial charge in [0.2, 0.25) is 0 Å². The molecule has 0 saturated heterocycles. The number of hydrogen-bond acceptors (Lipinski definition) is 2. The summed E-state index contributed by atoms with van der Waals surface area (Å²) < 4.78 is 5.28. The second-order valence-electron chi connectivity index (χ2n) is 5.04. The van der Waals surface area contributed by atoms with Crippen LogP contribution in [0.1, 0.15) is 30.0 Å². The van der Waals surface area contributed by atoms with Gasteiger partial charge < -0.3 is 10.1 Å². The first-order valence-electron chi connectivity index (χ1n) is 7.42. The van der Waals surface area contributed by atoms with Crippen LogP contribution in [0.25, 0.3) is 0 Å². The van der Waals surface area contributed by atoms with Gasteiger partial charge >= 0.3 is 6.09 Å². The molecule has 0 spiro atoms. The summed E-state index contributed by atoms with van der Waals surface area (Å²) in [5.41, 5.74) is 2.04. The Morgan fingerprint density at radius 1 is 1.09 bits per heavy atom. The lowest BCUT2D eigenvalue weighted by molar-refractivity contribution is 0.135. The van der Waals surface area contributed by atoms with Crippen molar-refractivity contribution < 1.29 is 9.53 Å². The van der Waals surface area contributed by atoms with Gasteiger partial charge in [-0.15, -0.1) is 6.58 Å². The Labute approximate surface area is 131 Å². The highest BCUT2D eigenvalue weighted by molar-refractivity contribution is 5.67. The van der Waals surface area contributed by atoms with Crippen LogP contribution in [0.15, 0.2) is 73.3 Å². The number of carbonyl (C=O) groups excluding carboxylic acids is 1. The summed E-state index contributed by atoms with van der Waals surface area (Å²) in [6.07, 6.45) is 3.08. The van der Waals surface area contributed by atoms with Crippen molar-refractivity contribution in [2.75, 3.05) is 0 Å². The third-order valence-corrected chi connectivity index (χ3v) is 3.37. The van der Waals surface area contributed by atoms with E-state index in [1.165, 1.54) is 0 Å². The van der Waals surface area contributed by atoms with E-state index in [-0.39, 0.29) is 12.6 Å². The van der Waals surface area contributed by atoms with Crippen LogP contribution in [0, 0.1) is 0 Å². The van der Waals surface area contributed by atoms with Crippen molar-refractivity contribution in [3.63, 3.8) is 0 Å². The standard InChI is InChI=1S/C19H21NO2/c1-2-3-14-18(17-12-8-5-9-13-17)20-19(21)22-15-16-10-6-4-7-11-16/h2,4-13,18H,1,3,14-15H2,(H,20,21)/t18-/m1/s1.